The van der Waals surface area contributed by atoms with Gasteiger partial charge in [0.25, 0.3) is 0 Å². The summed E-state index contributed by atoms with van der Waals surface area (Å²) < 4.78 is 2.23. The lowest BCUT2D eigenvalue weighted by Crippen LogP contribution is -2.34. The molecular weight excluding hydrogens is 268 g/mol. The summed E-state index contributed by atoms with van der Waals surface area (Å²) in [6.45, 7) is 7.93. The summed E-state index contributed by atoms with van der Waals surface area (Å²) in [5.41, 5.74) is 7.28. The normalized spacial score (nSPS) is 13.0. The van der Waals surface area contributed by atoms with E-state index in [2.05, 4.69) is 45.8 Å². The number of imidazole rings is 1. The lowest BCUT2D eigenvalue weighted by Gasteiger charge is -2.30. The van der Waals surface area contributed by atoms with Crippen molar-refractivity contribution in [2.24, 2.45) is 5.73 Å². The number of likely N-dealkylation sites (N-methyl/N-ethyl adjacent to an activating group) is 1. The lowest BCUT2D eigenvalue weighted by molar-refractivity contribution is 0.197. The van der Waals surface area contributed by atoms with Gasteiger partial charge in [0.1, 0.15) is 0 Å². The number of rotatable bonds is 8. The first-order valence-corrected chi connectivity index (χ1v) is 8.14. The van der Waals surface area contributed by atoms with Gasteiger partial charge in [0, 0.05) is 30.7 Å². The minimum atomic E-state index is 0.233. The van der Waals surface area contributed by atoms with Crippen molar-refractivity contribution in [1.29, 1.82) is 0 Å². The number of hydrogen-bond acceptors (Lipinski definition) is 4. The van der Waals surface area contributed by atoms with Crippen LogP contribution < -0.4 is 5.73 Å². The Morgan fingerprint density at radius 1 is 1.45 bits per heavy atom. The predicted molar refractivity (Wildman–Crippen MR) is 84.7 cm³/mol. The Balaban J connectivity index is 2.17. The summed E-state index contributed by atoms with van der Waals surface area (Å²) in [5, 5.41) is 2.13. The number of aromatic nitrogens is 2. The molecular formula is C15H24N4S. The fraction of sp³-hybridized carbons (Fsp3) is 0.533. The molecule has 20 heavy (non-hydrogen) atoms. The molecule has 2 aromatic heterocycles. The molecule has 1 atom stereocenters. The zero-order valence-electron chi connectivity index (χ0n) is 12.3. The lowest BCUT2D eigenvalue weighted by atomic mass is 10.1. The van der Waals surface area contributed by atoms with Crippen LogP contribution in [0.2, 0.25) is 0 Å². The largest absolute Gasteiger partial charge is 0.333 e. The summed E-state index contributed by atoms with van der Waals surface area (Å²) in [4.78, 5) is 8.11. The van der Waals surface area contributed by atoms with E-state index in [1.807, 2.05) is 12.5 Å². The van der Waals surface area contributed by atoms with Crippen LogP contribution in [0.3, 0.4) is 0 Å². The van der Waals surface area contributed by atoms with Crippen LogP contribution in [0.4, 0.5) is 0 Å². The van der Waals surface area contributed by atoms with Gasteiger partial charge in [-0.05, 0) is 24.4 Å². The van der Waals surface area contributed by atoms with Gasteiger partial charge in [-0.1, -0.05) is 19.9 Å². The van der Waals surface area contributed by atoms with Gasteiger partial charge >= 0.3 is 0 Å². The quantitative estimate of drug-likeness (QED) is 0.814. The van der Waals surface area contributed by atoms with Gasteiger partial charge in [-0.25, -0.2) is 4.98 Å². The molecule has 5 heteroatoms. The Morgan fingerprint density at radius 3 is 2.90 bits per heavy atom. The molecule has 0 aromatic carbocycles. The van der Waals surface area contributed by atoms with Crippen molar-refractivity contribution < 1.29 is 0 Å². The minimum absolute atomic E-state index is 0.233. The number of nitrogens with two attached hydrogens (primary N) is 1. The van der Waals surface area contributed by atoms with E-state index in [1.165, 1.54) is 10.6 Å². The third kappa shape index (κ3) is 3.48. The molecule has 0 aliphatic carbocycles. The van der Waals surface area contributed by atoms with Crippen LogP contribution >= 0.6 is 11.3 Å². The third-order valence-electron chi connectivity index (χ3n) is 3.56. The second-order valence-electron chi connectivity index (χ2n) is 4.91. The summed E-state index contributed by atoms with van der Waals surface area (Å²) in [7, 11) is 0. The SMILES string of the molecule is CCCn1cncc1C(CN)N(CC)Cc1cccs1. The molecule has 2 aromatic rings. The molecule has 110 valence electrons. The van der Waals surface area contributed by atoms with Crippen molar-refractivity contribution in [3.05, 3.63) is 40.6 Å². The molecule has 0 saturated heterocycles. The van der Waals surface area contributed by atoms with E-state index in [0.717, 1.165) is 26.1 Å². The van der Waals surface area contributed by atoms with Crippen LogP contribution in [0, 0.1) is 0 Å². The van der Waals surface area contributed by atoms with Gasteiger partial charge in [-0.3, -0.25) is 4.90 Å². The summed E-state index contributed by atoms with van der Waals surface area (Å²) >= 11 is 1.80. The highest BCUT2D eigenvalue weighted by Gasteiger charge is 2.21. The molecule has 2 heterocycles. The van der Waals surface area contributed by atoms with Crippen molar-refractivity contribution in [3.63, 3.8) is 0 Å². The standard InChI is InChI=1S/C15H24N4S/c1-3-7-19-12-17-10-15(19)14(9-16)18(4-2)11-13-6-5-8-20-13/h5-6,8,10,12,14H,3-4,7,9,11,16H2,1-2H3. The maximum atomic E-state index is 6.06. The Morgan fingerprint density at radius 2 is 2.30 bits per heavy atom. The van der Waals surface area contributed by atoms with Gasteiger partial charge in [0.05, 0.1) is 18.1 Å². The van der Waals surface area contributed by atoms with E-state index < -0.39 is 0 Å². The first kappa shape index (κ1) is 15.2. The fourth-order valence-electron chi connectivity index (χ4n) is 2.54. The number of nitrogens with zero attached hydrogens (tertiary/aromatic N) is 3. The minimum Gasteiger partial charge on any atom is -0.333 e. The molecule has 0 aliphatic heterocycles. The van der Waals surface area contributed by atoms with Gasteiger partial charge in [-0.15, -0.1) is 11.3 Å². The smallest absolute Gasteiger partial charge is 0.0948 e. The highest BCUT2D eigenvalue weighted by Crippen LogP contribution is 2.23. The van der Waals surface area contributed by atoms with E-state index in [1.54, 1.807) is 11.3 Å². The van der Waals surface area contributed by atoms with Crippen molar-refractivity contribution in [3.8, 4) is 0 Å². The summed E-state index contributed by atoms with van der Waals surface area (Å²) in [6, 6.07) is 4.52. The Hall–Kier alpha value is -1.17. The predicted octanol–water partition coefficient (Wildman–Crippen LogP) is 2.88. The van der Waals surface area contributed by atoms with E-state index in [0.29, 0.717) is 6.54 Å². The topological polar surface area (TPSA) is 47.1 Å². The second-order valence-corrected chi connectivity index (χ2v) is 5.94. The van der Waals surface area contributed by atoms with Crippen molar-refractivity contribution in [2.45, 2.75) is 39.4 Å². The average molecular weight is 292 g/mol. The molecule has 0 bridgehead atoms. The Kier molecular flexibility index (Phi) is 5.76. The monoisotopic (exact) mass is 292 g/mol. The van der Waals surface area contributed by atoms with Crippen LogP contribution in [-0.2, 0) is 13.1 Å². The van der Waals surface area contributed by atoms with Crippen molar-refractivity contribution in [1.82, 2.24) is 14.5 Å². The molecule has 0 spiro atoms. The fourth-order valence-corrected chi connectivity index (χ4v) is 3.27. The van der Waals surface area contributed by atoms with Crippen LogP contribution in [0.5, 0.6) is 0 Å². The van der Waals surface area contributed by atoms with Gasteiger partial charge in [-0.2, -0.15) is 0 Å². The van der Waals surface area contributed by atoms with E-state index in [4.69, 9.17) is 5.73 Å². The first-order valence-electron chi connectivity index (χ1n) is 7.26. The van der Waals surface area contributed by atoms with E-state index in [-0.39, 0.29) is 6.04 Å². The highest BCUT2D eigenvalue weighted by atomic mass is 32.1. The molecule has 4 nitrogen and oxygen atoms in total. The maximum Gasteiger partial charge on any atom is 0.0948 e. The maximum absolute atomic E-state index is 6.06. The molecule has 1 unspecified atom stereocenters. The molecule has 0 aliphatic rings. The Bertz CT molecular complexity index is 492. The Labute approximate surface area is 125 Å². The first-order chi connectivity index (χ1) is 9.80. The summed E-state index contributed by atoms with van der Waals surface area (Å²) in [6.07, 6.45) is 4.99. The van der Waals surface area contributed by atoms with E-state index >= 15 is 0 Å². The average Bonchev–Trinajstić information content (AvgIpc) is 3.11. The van der Waals surface area contributed by atoms with Crippen molar-refractivity contribution in [2.75, 3.05) is 13.1 Å². The molecule has 0 fully saturated rings. The molecule has 2 N–H and O–H groups in total. The van der Waals surface area contributed by atoms with Crippen LogP contribution in [0.1, 0.15) is 36.9 Å². The zero-order chi connectivity index (χ0) is 14.4. The molecule has 0 amide bonds. The van der Waals surface area contributed by atoms with Crippen LogP contribution in [-0.4, -0.2) is 27.5 Å². The number of thiophene rings is 1. The summed E-state index contributed by atoms with van der Waals surface area (Å²) in [5.74, 6) is 0. The van der Waals surface area contributed by atoms with Crippen molar-refractivity contribution >= 4 is 11.3 Å². The molecule has 0 radical (unpaired) electrons. The third-order valence-corrected chi connectivity index (χ3v) is 4.42. The second kappa shape index (κ2) is 7.57. The van der Waals surface area contributed by atoms with Crippen LogP contribution in [0.15, 0.2) is 30.0 Å². The zero-order valence-corrected chi connectivity index (χ0v) is 13.1. The number of aryl methyl sites for hydroxylation is 1. The highest BCUT2D eigenvalue weighted by molar-refractivity contribution is 7.09. The number of hydrogen-bond donors (Lipinski definition) is 1. The molecule has 2 rings (SSSR count). The van der Waals surface area contributed by atoms with E-state index in [9.17, 15) is 0 Å². The van der Waals surface area contributed by atoms with Gasteiger partial charge in [0.15, 0.2) is 0 Å². The molecule has 0 saturated carbocycles. The van der Waals surface area contributed by atoms with Gasteiger partial charge in [0.2, 0.25) is 0 Å². The van der Waals surface area contributed by atoms with Crippen LogP contribution in [0.25, 0.3) is 0 Å². The van der Waals surface area contributed by atoms with Gasteiger partial charge < -0.3 is 10.3 Å².